The van der Waals surface area contributed by atoms with Crippen LogP contribution < -0.4 is 0 Å². The summed E-state index contributed by atoms with van der Waals surface area (Å²) in [6.45, 7) is 4.34. The Balaban J connectivity index is 2.31. The highest BCUT2D eigenvalue weighted by Gasteiger charge is 2.23. The number of unbranched alkanes of at least 4 members (excludes halogenated alkanes) is 4. The van der Waals surface area contributed by atoms with E-state index >= 15 is 0 Å². The Morgan fingerprint density at radius 1 is 1.00 bits per heavy atom. The summed E-state index contributed by atoms with van der Waals surface area (Å²) in [5.74, 6) is 0.178. The summed E-state index contributed by atoms with van der Waals surface area (Å²) in [5, 5.41) is 0. The zero-order valence-electron chi connectivity index (χ0n) is 12.8. The van der Waals surface area contributed by atoms with E-state index < -0.39 is 10.0 Å². The van der Waals surface area contributed by atoms with Gasteiger partial charge in [-0.3, -0.25) is 4.79 Å². The largest absolute Gasteiger partial charge is 0.341 e. The van der Waals surface area contributed by atoms with Crippen molar-refractivity contribution in [1.29, 1.82) is 0 Å². The molecule has 0 bridgehead atoms. The first kappa shape index (κ1) is 17.4. The third kappa shape index (κ3) is 6.22. The van der Waals surface area contributed by atoms with Crippen molar-refractivity contribution in [3.05, 3.63) is 0 Å². The van der Waals surface area contributed by atoms with Crippen molar-refractivity contribution in [2.45, 2.75) is 51.9 Å². The Labute approximate surface area is 123 Å². The minimum atomic E-state index is -3.13. The highest BCUT2D eigenvalue weighted by atomic mass is 32.2. The number of rotatable bonds is 7. The molecule has 0 aromatic heterocycles. The molecule has 0 unspecified atom stereocenters. The lowest BCUT2D eigenvalue weighted by Crippen LogP contribution is -2.36. The molecule has 20 heavy (non-hydrogen) atoms. The number of nitrogens with zero attached hydrogens (tertiary/aromatic N) is 2. The second-order valence-electron chi connectivity index (χ2n) is 5.56. The van der Waals surface area contributed by atoms with Gasteiger partial charge in [-0.15, -0.1) is 0 Å². The van der Waals surface area contributed by atoms with E-state index in [9.17, 15) is 13.2 Å². The number of amides is 1. The van der Waals surface area contributed by atoms with E-state index in [1.165, 1.54) is 29.8 Å². The summed E-state index contributed by atoms with van der Waals surface area (Å²) in [4.78, 5) is 13.9. The van der Waals surface area contributed by atoms with Gasteiger partial charge in [0.2, 0.25) is 15.9 Å². The standard InChI is InChI=1S/C14H28N2O3S/c1-3-4-5-6-7-9-14(17)15-10-8-11-16(13-12-15)20(2,18)19/h3-13H2,1-2H3. The molecule has 118 valence electrons. The van der Waals surface area contributed by atoms with Gasteiger partial charge in [0, 0.05) is 32.6 Å². The minimum absolute atomic E-state index is 0.178. The third-order valence-electron chi connectivity index (χ3n) is 3.77. The van der Waals surface area contributed by atoms with Crippen LogP contribution in [-0.4, -0.2) is 56.0 Å². The van der Waals surface area contributed by atoms with E-state index in [-0.39, 0.29) is 5.91 Å². The maximum Gasteiger partial charge on any atom is 0.222 e. The molecule has 1 aliphatic heterocycles. The highest BCUT2D eigenvalue weighted by molar-refractivity contribution is 7.88. The van der Waals surface area contributed by atoms with Crippen molar-refractivity contribution in [1.82, 2.24) is 9.21 Å². The number of hydrogen-bond acceptors (Lipinski definition) is 3. The Hall–Kier alpha value is -0.620. The van der Waals surface area contributed by atoms with Gasteiger partial charge in [-0.05, 0) is 12.8 Å². The molecular weight excluding hydrogens is 276 g/mol. The predicted molar refractivity (Wildman–Crippen MR) is 81.0 cm³/mol. The Kier molecular flexibility index (Phi) is 7.51. The molecule has 1 rings (SSSR count). The quantitative estimate of drug-likeness (QED) is 0.674. The van der Waals surface area contributed by atoms with Crippen LogP contribution >= 0.6 is 0 Å². The van der Waals surface area contributed by atoms with Crippen molar-refractivity contribution in [3.63, 3.8) is 0 Å². The topological polar surface area (TPSA) is 57.7 Å². The number of hydrogen-bond donors (Lipinski definition) is 0. The minimum Gasteiger partial charge on any atom is -0.341 e. The monoisotopic (exact) mass is 304 g/mol. The predicted octanol–water partition coefficient (Wildman–Crippen LogP) is 1.84. The van der Waals surface area contributed by atoms with Gasteiger partial charge in [0.1, 0.15) is 0 Å². The van der Waals surface area contributed by atoms with Crippen LogP contribution in [0.25, 0.3) is 0 Å². The summed E-state index contributed by atoms with van der Waals surface area (Å²) < 4.78 is 24.5. The maximum atomic E-state index is 12.1. The molecule has 1 aliphatic rings. The van der Waals surface area contributed by atoms with E-state index in [1.54, 1.807) is 0 Å². The molecular formula is C14H28N2O3S. The third-order valence-corrected chi connectivity index (χ3v) is 5.07. The molecule has 0 aromatic rings. The Morgan fingerprint density at radius 3 is 2.35 bits per heavy atom. The molecule has 1 heterocycles. The van der Waals surface area contributed by atoms with Gasteiger partial charge >= 0.3 is 0 Å². The zero-order chi connectivity index (χ0) is 15.0. The Bertz CT molecular complexity index is 395. The summed E-state index contributed by atoms with van der Waals surface area (Å²) in [6.07, 6.45) is 8.28. The molecule has 6 heteroatoms. The van der Waals surface area contributed by atoms with Crippen molar-refractivity contribution in [3.8, 4) is 0 Å². The highest BCUT2D eigenvalue weighted by Crippen LogP contribution is 2.11. The lowest BCUT2D eigenvalue weighted by molar-refractivity contribution is -0.131. The lowest BCUT2D eigenvalue weighted by atomic mass is 10.1. The SMILES string of the molecule is CCCCCCCC(=O)N1CCCN(S(C)(=O)=O)CC1. The molecule has 0 atom stereocenters. The molecule has 0 aliphatic carbocycles. The molecule has 0 aromatic carbocycles. The first-order valence-corrected chi connectivity index (χ1v) is 9.53. The van der Waals surface area contributed by atoms with Gasteiger partial charge in [-0.2, -0.15) is 0 Å². The second-order valence-corrected chi connectivity index (χ2v) is 7.54. The molecule has 0 N–H and O–H groups in total. The van der Waals surface area contributed by atoms with Crippen molar-refractivity contribution >= 4 is 15.9 Å². The first-order chi connectivity index (χ1) is 9.45. The summed E-state index contributed by atoms with van der Waals surface area (Å²) in [5.41, 5.74) is 0. The molecule has 1 amide bonds. The van der Waals surface area contributed by atoms with Crippen LogP contribution in [-0.2, 0) is 14.8 Å². The fourth-order valence-corrected chi connectivity index (χ4v) is 3.39. The van der Waals surface area contributed by atoms with Gasteiger partial charge in [0.05, 0.1) is 6.26 Å². The fraction of sp³-hybridized carbons (Fsp3) is 0.929. The Morgan fingerprint density at radius 2 is 1.70 bits per heavy atom. The van der Waals surface area contributed by atoms with Gasteiger partial charge in [-0.1, -0.05) is 32.6 Å². The molecule has 0 saturated carbocycles. The van der Waals surface area contributed by atoms with E-state index in [0.29, 0.717) is 32.6 Å². The van der Waals surface area contributed by atoms with Crippen LogP contribution in [0.15, 0.2) is 0 Å². The van der Waals surface area contributed by atoms with Gasteiger partial charge < -0.3 is 4.90 Å². The van der Waals surface area contributed by atoms with Gasteiger partial charge in [0.25, 0.3) is 0 Å². The van der Waals surface area contributed by atoms with Crippen LogP contribution in [0.3, 0.4) is 0 Å². The van der Waals surface area contributed by atoms with E-state index in [2.05, 4.69) is 6.92 Å². The first-order valence-electron chi connectivity index (χ1n) is 7.68. The van der Waals surface area contributed by atoms with Crippen LogP contribution in [0.5, 0.6) is 0 Å². The summed E-state index contributed by atoms with van der Waals surface area (Å²) in [7, 11) is -3.13. The summed E-state index contributed by atoms with van der Waals surface area (Å²) in [6, 6.07) is 0. The van der Waals surface area contributed by atoms with Crippen molar-refractivity contribution in [2.24, 2.45) is 0 Å². The smallest absolute Gasteiger partial charge is 0.222 e. The summed E-state index contributed by atoms with van der Waals surface area (Å²) >= 11 is 0. The molecule has 1 saturated heterocycles. The van der Waals surface area contributed by atoms with Gasteiger partial charge in [-0.25, -0.2) is 12.7 Å². The normalized spacial score (nSPS) is 18.0. The number of sulfonamides is 1. The second kappa shape index (κ2) is 8.62. The van der Waals surface area contributed by atoms with E-state index in [0.717, 1.165) is 19.3 Å². The average Bonchev–Trinajstić information content (AvgIpc) is 2.63. The van der Waals surface area contributed by atoms with E-state index in [1.807, 2.05) is 4.90 Å². The lowest BCUT2D eigenvalue weighted by Gasteiger charge is -2.21. The zero-order valence-corrected chi connectivity index (χ0v) is 13.6. The average molecular weight is 304 g/mol. The van der Waals surface area contributed by atoms with E-state index in [4.69, 9.17) is 0 Å². The fourth-order valence-electron chi connectivity index (χ4n) is 2.51. The van der Waals surface area contributed by atoms with Gasteiger partial charge in [0.15, 0.2) is 0 Å². The maximum absolute atomic E-state index is 12.1. The van der Waals surface area contributed by atoms with Crippen LogP contribution in [0.1, 0.15) is 51.9 Å². The number of carbonyl (C=O) groups excluding carboxylic acids is 1. The van der Waals surface area contributed by atoms with Crippen LogP contribution in [0.2, 0.25) is 0 Å². The molecule has 0 radical (unpaired) electrons. The van der Waals surface area contributed by atoms with Crippen molar-refractivity contribution in [2.75, 3.05) is 32.4 Å². The number of carbonyl (C=O) groups is 1. The van der Waals surface area contributed by atoms with Crippen LogP contribution in [0, 0.1) is 0 Å². The molecule has 0 spiro atoms. The van der Waals surface area contributed by atoms with Crippen LogP contribution in [0.4, 0.5) is 0 Å². The van der Waals surface area contributed by atoms with Crippen molar-refractivity contribution < 1.29 is 13.2 Å². The molecule has 1 fully saturated rings. The molecule has 5 nitrogen and oxygen atoms in total.